The van der Waals surface area contributed by atoms with Crippen LogP contribution < -0.4 is 16.5 Å². The molecule has 0 aliphatic carbocycles. The Morgan fingerprint density at radius 2 is 1.45 bits per heavy atom. The van der Waals surface area contributed by atoms with Gasteiger partial charge in [0.25, 0.3) is 5.91 Å². The van der Waals surface area contributed by atoms with Crippen molar-refractivity contribution in [3.63, 3.8) is 0 Å². The molecule has 0 saturated heterocycles. The van der Waals surface area contributed by atoms with Crippen molar-refractivity contribution in [1.29, 1.82) is 10.8 Å². The van der Waals surface area contributed by atoms with Crippen molar-refractivity contribution in [2.24, 2.45) is 10.7 Å². The molecule has 2 aromatic heterocycles. The Hall–Kier alpha value is -4.42. The fourth-order valence-electron chi connectivity index (χ4n) is 4.16. The van der Waals surface area contributed by atoms with E-state index in [0.717, 1.165) is 56.5 Å². The standard InChI is InChI=1S/C30H30N8O2S2/c31-25(41-29(33)37-27(39)17-19-9-11-23-21(15-19)5-3-13-35-23)7-1-2-8-26(32)42-30(34)38-28(40)18-20-10-12-24-22(16-20)6-4-14-36-24/h3-6,9-16,31-32H,1-2,7-8,17-18H2,(H2,33,37,39)(H2,34,38,40)/p+1. The zero-order valence-corrected chi connectivity index (χ0v) is 24.4. The van der Waals surface area contributed by atoms with Gasteiger partial charge in [-0.1, -0.05) is 24.3 Å². The van der Waals surface area contributed by atoms with Crippen LogP contribution in [0.15, 0.2) is 78.0 Å². The highest BCUT2D eigenvalue weighted by atomic mass is 32.2. The second-order valence-electron chi connectivity index (χ2n) is 9.44. The van der Waals surface area contributed by atoms with E-state index in [2.05, 4.69) is 20.3 Å². The van der Waals surface area contributed by atoms with Crippen LogP contribution in [0.3, 0.4) is 0 Å². The van der Waals surface area contributed by atoms with E-state index in [4.69, 9.17) is 22.0 Å². The van der Waals surface area contributed by atoms with Gasteiger partial charge < -0.3 is 11.1 Å². The van der Waals surface area contributed by atoms with Crippen molar-refractivity contribution < 1.29 is 15.0 Å². The number of hydrogen-bond donors (Lipinski definition) is 5. The van der Waals surface area contributed by atoms with Crippen LogP contribution in [-0.4, -0.2) is 42.2 Å². The molecule has 0 radical (unpaired) electrons. The van der Waals surface area contributed by atoms with Crippen molar-refractivity contribution in [2.45, 2.75) is 38.5 Å². The highest BCUT2D eigenvalue weighted by molar-refractivity contribution is 8.26. The number of nitrogens with two attached hydrogens (primary N) is 2. The number of rotatable bonds is 9. The third-order valence-corrected chi connectivity index (χ3v) is 7.60. The molecule has 0 spiro atoms. The zero-order valence-electron chi connectivity index (χ0n) is 22.8. The minimum atomic E-state index is -0.356. The summed E-state index contributed by atoms with van der Waals surface area (Å²) >= 11 is 1.99. The number of carbonyl (C=O) groups excluding carboxylic acids is 2. The summed E-state index contributed by atoms with van der Waals surface area (Å²) in [5.41, 5.74) is 9.29. The number of fused-ring (bicyclic) bond motifs is 2. The number of benzene rings is 2. The van der Waals surface area contributed by atoms with E-state index in [9.17, 15) is 9.59 Å². The number of nitrogens with zero attached hydrogens (tertiary/aromatic N) is 3. The molecule has 0 bridgehead atoms. The SMILES string of the molecule is N=C(CCCCC(=[NH2+])SC(N)=NC(=O)Cc1ccc2ncccc2c1)SC(=N)NC(=O)Cc1ccc2ncccc2c1. The Kier molecular flexibility index (Phi) is 10.9. The Morgan fingerprint density at radius 1 is 0.857 bits per heavy atom. The van der Waals surface area contributed by atoms with Gasteiger partial charge in [0.1, 0.15) is 0 Å². The van der Waals surface area contributed by atoms with Gasteiger partial charge in [-0.05, 0) is 78.5 Å². The van der Waals surface area contributed by atoms with Crippen molar-refractivity contribution >= 4 is 77.6 Å². The fourth-order valence-corrected chi connectivity index (χ4v) is 5.48. The summed E-state index contributed by atoms with van der Waals surface area (Å²) in [5, 5.41) is 27.5. The molecule has 2 aromatic carbocycles. The Morgan fingerprint density at radius 3 is 2.10 bits per heavy atom. The lowest BCUT2D eigenvalue weighted by molar-refractivity contribution is -0.119. The average molecular weight is 600 g/mol. The topological polar surface area (TPSA) is 184 Å². The van der Waals surface area contributed by atoms with Crippen molar-refractivity contribution in [1.82, 2.24) is 15.3 Å². The van der Waals surface area contributed by atoms with E-state index < -0.39 is 0 Å². The van der Waals surface area contributed by atoms with Gasteiger partial charge in [0.2, 0.25) is 11.0 Å². The van der Waals surface area contributed by atoms with E-state index in [1.165, 1.54) is 0 Å². The second kappa shape index (κ2) is 15.0. The van der Waals surface area contributed by atoms with Gasteiger partial charge in [-0.2, -0.15) is 4.99 Å². The number of carbonyl (C=O) groups is 2. The van der Waals surface area contributed by atoms with Crippen LogP contribution in [0.2, 0.25) is 0 Å². The van der Waals surface area contributed by atoms with E-state index in [-0.39, 0.29) is 40.0 Å². The first kappa shape index (κ1) is 30.5. The molecule has 7 N–H and O–H groups in total. The maximum atomic E-state index is 12.4. The van der Waals surface area contributed by atoms with Crippen LogP contribution in [0.4, 0.5) is 0 Å². The fraction of sp³-hybridized carbons (Fsp3) is 0.200. The number of pyridine rings is 2. The molecule has 2 heterocycles. The third-order valence-electron chi connectivity index (χ3n) is 6.08. The van der Waals surface area contributed by atoms with Gasteiger partial charge >= 0.3 is 0 Å². The Labute approximate surface area is 251 Å². The summed E-state index contributed by atoms with van der Waals surface area (Å²) in [7, 11) is 0. The molecular formula is C30H31N8O2S2+. The van der Waals surface area contributed by atoms with Gasteiger partial charge in [-0.15, -0.1) is 0 Å². The highest BCUT2D eigenvalue weighted by Gasteiger charge is 2.13. The van der Waals surface area contributed by atoms with E-state index in [0.29, 0.717) is 30.7 Å². The first-order valence-electron chi connectivity index (χ1n) is 13.2. The summed E-state index contributed by atoms with van der Waals surface area (Å²) in [4.78, 5) is 37.2. The van der Waals surface area contributed by atoms with Crippen LogP contribution in [0.5, 0.6) is 0 Å². The van der Waals surface area contributed by atoms with Crippen molar-refractivity contribution in [2.75, 3.05) is 0 Å². The molecule has 10 nitrogen and oxygen atoms in total. The van der Waals surface area contributed by atoms with Gasteiger partial charge in [-0.25, -0.2) is 0 Å². The molecule has 0 unspecified atom stereocenters. The predicted octanol–water partition coefficient (Wildman–Crippen LogP) is 3.62. The lowest BCUT2D eigenvalue weighted by Gasteiger charge is -2.08. The summed E-state index contributed by atoms with van der Waals surface area (Å²) in [6, 6.07) is 18.8. The monoisotopic (exact) mass is 599 g/mol. The largest absolute Gasteiger partial charge is 0.378 e. The lowest BCUT2D eigenvalue weighted by atomic mass is 10.1. The van der Waals surface area contributed by atoms with Gasteiger partial charge in [-0.3, -0.25) is 35.8 Å². The summed E-state index contributed by atoms with van der Waals surface area (Å²) in [5.74, 6) is -0.666. The van der Waals surface area contributed by atoms with E-state index in [1.54, 1.807) is 12.4 Å². The normalized spacial score (nSPS) is 11.4. The minimum absolute atomic E-state index is 0.0805. The molecule has 0 fully saturated rings. The van der Waals surface area contributed by atoms with E-state index >= 15 is 0 Å². The zero-order chi connectivity index (χ0) is 29.9. The van der Waals surface area contributed by atoms with Crippen LogP contribution >= 0.6 is 23.5 Å². The molecule has 42 heavy (non-hydrogen) atoms. The quantitative estimate of drug-likeness (QED) is 0.110. The van der Waals surface area contributed by atoms with E-state index in [1.807, 2.05) is 60.7 Å². The summed E-state index contributed by atoms with van der Waals surface area (Å²) in [6.07, 6.45) is 6.06. The van der Waals surface area contributed by atoms with Gasteiger partial charge in [0, 0.05) is 41.3 Å². The number of thioether (sulfide) groups is 2. The highest BCUT2D eigenvalue weighted by Crippen LogP contribution is 2.17. The first-order valence-corrected chi connectivity index (χ1v) is 14.9. The lowest BCUT2D eigenvalue weighted by Crippen LogP contribution is -2.39. The number of aromatic nitrogens is 2. The van der Waals surface area contributed by atoms with Gasteiger partial charge in [0.15, 0.2) is 10.3 Å². The number of nitrogens with one attached hydrogen (secondary N) is 3. The van der Waals surface area contributed by atoms with Crippen molar-refractivity contribution in [3.05, 3.63) is 84.2 Å². The molecule has 0 saturated carbocycles. The Balaban J connectivity index is 1.10. The first-order chi connectivity index (χ1) is 20.2. The molecule has 0 aliphatic heterocycles. The number of aliphatic imine (C=N–C) groups is 1. The Bertz CT molecular complexity index is 1690. The molecule has 12 heteroatoms. The number of hydrogen-bond acceptors (Lipinski definition) is 8. The molecule has 214 valence electrons. The van der Waals surface area contributed by atoms with Crippen molar-refractivity contribution in [3.8, 4) is 0 Å². The number of amidine groups is 2. The molecule has 0 atom stereocenters. The maximum absolute atomic E-state index is 12.4. The second-order valence-corrected chi connectivity index (χ2v) is 11.7. The molecule has 4 aromatic rings. The summed E-state index contributed by atoms with van der Waals surface area (Å²) < 4.78 is 0. The minimum Gasteiger partial charge on any atom is -0.378 e. The van der Waals surface area contributed by atoms with Crippen LogP contribution in [-0.2, 0) is 22.4 Å². The maximum Gasteiger partial charge on any atom is 0.252 e. The van der Waals surface area contributed by atoms with Gasteiger partial charge in [0.05, 0.1) is 28.9 Å². The summed E-state index contributed by atoms with van der Waals surface area (Å²) in [6.45, 7) is 0. The van der Waals surface area contributed by atoms with Crippen LogP contribution in [0.25, 0.3) is 21.8 Å². The van der Waals surface area contributed by atoms with Crippen LogP contribution in [0.1, 0.15) is 36.8 Å². The number of unbranched alkanes of at least 4 members (excludes halogenated alkanes) is 1. The molecule has 0 aliphatic rings. The molecular weight excluding hydrogens is 569 g/mol. The average Bonchev–Trinajstić information content (AvgIpc) is 2.94. The number of amides is 2. The van der Waals surface area contributed by atoms with Crippen LogP contribution in [0, 0.1) is 10.8 Å². The molecule has 4 rings (SSSR count). The molecule has 2 amide bonds. The predicted molar refractivity (Wildman–Crippen MR) is 172 cm³/mol. The smallest absolute Gasteiger partial charge is 0.252 e. The third kappa shape index (κ3) is 9.60.